The van der Waals surface area contributed by atoms with Crippen LogP contribution in [0.2, 0.25) is 10.0 Å². The second kappa shape index (κ2) is 7.21. The van der Waals surface area contributed by atoms with Gasteiger partial charge in [0.2, 0.25) is 5.76 Å². The number of thiazole rings is 1. The minimum absolute atomic E-state index is 0.112. The zero-order chi connectivity index (χ0) is 16.2. The number of carbonyl (C=O) groups excluding carboxylic acids is 1. The second-order valence-electron chi connectivity index (χ2n) is 4.67. The molecule has 0 radical (unpaired) electrons. The van der Waals surface area contributed by atoms with Crippen LogP contribution >= 0.6 is 34.5 Å². The van der Waals surface area contributed by atoms with Gasteiger partial charge in [-0.05, 0) is 17.7 Å². The fourth-order valence-corrected chi connectivity index (χ4v) is 3.16. The Hall–Kier alpha value is -1.76. The summed E-state index contributed by atoms with van der Waals surface area (Å²) >= 11 is 13.4. The molecule has 0 fully saturated rings. The molecule has 0 saturated carbocycles. The predicted octanol–water partition coefficient (Wildman–Crippen LogP) is 3.22. The average Bonchev–Trinajstić information content (AvgIpc) is 2.98. The number of carbonyl (C=O) groups is 1. The first-order valence-corrected chi connectivity index (χ1v) is 8.38. The molecule has 1 aromatic heterocycles. The number of hydrogen-bond donors (Lipinski definition) is 0. The van der Waals surface area contributed by atoms with Crippen molar-refractivity contribution in [1.29, 1.82) is 0 Å². The standard InChI is InChI=1S/C15H12Cl2N2O3S/c16-11-2-1-10(12(17)7-11)8-19-3-6-23-15(19)18-14(20)13-9-21-4-5-22-13/h1-3,6-7,9H,4-5,8H2. The lowest BCUT2D eigenvalue weighted by Crippen LogP contribution is -2.20. The van der Waals surface area contributed by atoms with E-state index >= 15 is 0 Å². The van der Waals surface area contributed by atoms with Crippen LogP contribution in [-0.4, -0.2) is 23.7 Å². The zero-order valence-corrected chi connectivity index (χ0v) is 14.2. The fourth-order valence-electron chi connectivity index (χ4n) is 1.96. The summed E-state index contributed by atoms with van der Waals surface area (Å²) in [6.45, 7) is 1.27. The Morgan fingerprint density at radius 2 is 2.22 bits per heavy atom. The van der Waals surface area contributed by atoms with Gasteiger partial charge in [0.1, 0.15) is 19.5 Å². The van der Waals surface area contributed by atoms with Crippen molar-refractivity contribution in [2.75, 3.05) is 13.2 Å². The predicted molar refractivity (Wildman–Crippen MR) is 88.4 cm³/mol. The van der Waals surface area contributed by atoms with Crippen molar-refractivity contribution < 1.29 is 14.3 Å². The van der Waals surface area contributed by atoms with E-state index in [9.17, 15) is 4.79 Å². The Bertz CT molecular complexity index is 826. The molecule has 120 valence electrons. The highest BCUT2D eigenvalue weighted by Gasteiger charge is 2.14. The van der Waals surface area contributed by atoms with Gasteiger partial charge in [0.15, 0.2) is 4.80 Å². The number of halogens is 2. The van der Waals surface area contributed by atoms with E-state index in [-0.39, 0.29) is 5.76 Å². The molecule has 2 aromatic rings. The lowest BCUT2D eigenvalue weighted by molar-refractivity contribution is -0.119. The molecule has 0 saturated heterocycles. The fraction of sp³-hybridized carbons (Fsp3) is 0.200. The molecule has 1 amide bonds. The van der Waals surface area contributed by atoms with Crippen LogP contribution in [0.15, 0.2) is 46.8 Å². The normalized spacial score (nSPS) is 14.9. The van der Waals surface area contributed by atoms with E-state index in [4.69, 9.17) is 32.7 Å². The molecule has 2 heterocycles. The number of hydrogen-bond acceptors (Lipinski definition) is 4. The Morgan fingerprint density at radius 3 is 2.96 bits per heavy atom. The zero-order valence-electron chi connectivity index (χ0n) is 11.9. The van der Waals surface area contributed by atoms with E-state index in [0.29, 0.717) is 34.6 Å². The lowest BCUT2D eigenvalue weighted by atomic mass is 10.2. The number of amides is 1. The molecule has 1 aliphatic heterocycles. The lowest BCUT2D eigenvalue weighted by Gasteiger charge is -2.12. The van der Waals surface area contributed by atoms with Gasteiger partial charge < -0.3 is 14.0 Å². The number of nitrogens with zero attached hydrogens (tertiary/aromatic N) is 2. The third-order valence-electron chi connectivity index (χ3n) is 3.07. The quantitative estimate of drug-likeness (QED) is 0.833. The highest BCUT2D eigenvalue weighted by Crippen LogP contribution is 2.21. The number of rotatable bonds is 3. The molecule has 0 atom stereocenters. The first-order valence-electron chi connectivity index (χ1n) is 6.75. The van der Waals surface area contributed by atoms with Crippen molar-refractivity contribution in [2.24, 2.45) is 4.99 Å². The van der Waals surface area contributed by atoms with Gasteiger partial charge in [-0.3, -0.25) is 4.79 Å². The summed E-state index contributed by atoms with van der Waals surface area (Å²) in [6.07, 6.45) is 3.14. The summed E-state index contributed by atoms with van der Waals surface area (Å²) in [7, 11) is 0. The van der Waals surface area contributed by atoms with Crippen LogP contribution < -0.4 is 4.80 Å². The van der Waals surface area contributed by atoms with E-state index < -0.39 is 5.91 Å². The van der Waals surface area contributed by atoms with Crippen molar-refractivity contribution in [1.82, 2.24) is 4.57 Å². The average molecular weight is 371 g/mol. The Morgan fingerprint density at radius 1 is 1.35 bits per heavy atom. The van der Waals surface area contributed by atoms with Crippen LogP contribution in [0.1, 0.15) is 5.56 Å². The van der Waals surface area contributed by atoms with E-state index in [1.165, 1.54) is 17.6 Å². The van der Waals surface area contributed by atoms with Crippen LogP contribution in [0, 0.1) is 0 Å². The largest absolute Gasteiger partial charge is 0.494 e. The molecular weight excluding hydrogens is 359 g/mol. The van der Waals surface area contributed by atoms with E-state index in [1.807, 2.05) is 22.2 Å². The molecule has 0 bridgehead atoms. The van der Waals surface area contributed by atoms with Crippen molar-refractivity contribution in [2.45, 2.75) is 6.54 Å². The maximum atomic E-state index is 12.1. The topological polar surface area (TPSA) is 52.8 Å². The second-order valence-corrected chi connectivity index (χ2v) is 6.38. The maximum Gasteiger partial charge on any atom is 0.317 e. The number of aromatic nitrogens is 1. The summed E-state index contributed by atoms with van der Waals surface area (Å²) in [6, 6.07) is 5.31. The van der Waals surface area contributed by atoms with Crippen LogP contribution in [0.5, 0.6) is 0 Å². The minimum Gasteiger partial charge on any atom is -0.494 e. The van der Waals surface area contributed by atoms with E-state index in [1.54, 1.807) is 12.1 Å². The Balaban J connectivity index is 1.85. The molecular formula is C15H12Cl2N2O3S. The van der Waals surface area contributed by atoms with Crippen molar-refractivity contribution >= 4 is 40.4 Å². The Labute approximate surface area is 146 Å². The summed E-state index contributed by atoms with van der Waals surface area (Å²) in [5.74, 6) is -0.358. The third-order valence-corrected chi connectivity index (χ3v) is 4.45. The molecule has 8 heteroatoms. The van der Waals surface area contributed by atoms with Gasteiger partial charge in [-0.1, -0.05) is 29.3 Å². The van der Waals surface area contributed by atoms with E-state index in [0.717, 1.165) is 5.56 Å². The summed E-state index contributed by atoms with van der Waals surface area (Å²) in [5.41, 5.74) is 0.889. The molecule has 23 heavy (non-hydrogen) atoms. The SMILES string of the molecule is O=C(N=c1sccn1Cc1ccc(Cl)cc1Cl)C1=COCCO1. The highest BCUT2D eigenvalue weighted by atomic mass is 35.5. The summed E-state index contributed by atoms with van der Waals surface area (Å²) in [4.78, 5) is 16.7. The molecule has 0 aliphatic carbocycles. The van der Waals surface area contributed by atoms with Gasteiger partial charge in [-0.2, -0.15) is 4.99 Å². The highest BCUT2D eigenvalue weighted by molar-refractivity contribution is 7.07. The first kappa shape index (κ1) is 16.1. The molecule has 3 rings (SSSR count). The van der Waals surface area contributed by atoms with Crippen molar-refractivity contribution in [3.63, 3.8) is 0 Å². The molecule has 5 nitrogen and oxygen atoms in total. The Kier molecular flexibility index (Phi) is 5.05. The molecule has 0 unspecified atom stereocenters. The smallest absolute Gasteiger partial charge is 0.317 e. The third kappa shape index (κ3) is 3.96. The molecule has 0 spiro atoms. The van der Waals surface area contributed by atoms with E-state index in [2.05, 4.69) is 4.99 Å². The van der Waals surface area contributed by atoms with Gasteiger partial charge >= 0.3 is 5.91 Å². The maximum absolute atomic E-state index is 12.1. The summed E-state index contributed by atoms with van der Waals surface area (Å²) < 4.78 is 12.1. The van der Waals surface area contributed by atoms with Gasteiger partial charge in [0.25, 0.3) is 0 Å². The van der Waals surface area contributed by atoms with Crippen LogP contribution in [0.4, 0.5) is 0 Å². The van der Waals surface area contributed by atoms with Crippen LogP contribution in [-0.2, 0) is 20.8 Å². The van der Waals surface area contributed by atoms with Gasteiger partial charge in [-0.25, -0.2) is 0 Å². The van der Waals surface area contributed by atoms with Crippen LogP contribution in [0.3, 0.4) is 0 Å². The first-order chi connectivity index (χ1) is 11.1. The van der Waals surface area contributed by atoms with Crippen LogP contribution in [0.25, 0.3) is 0 Å². The molecule has 0 N–H and O–H groups in total. The summed E-state index contributed by atoms with van der Waals surface area (Å²) in [5, 5.41) is 3.00. The molecule has 1 aromatic carbocycles. The minimum atomic E-state index is -0.469. The van der Waals surface area contributed by atoms with Crippen molar-refractivity contribution in [3.8, 4) is 0 Å². The van der Waals surface area contributed by atoms with Crippen molar-refractivity contribution in [3.05, 3.63) is 62.2 Å². The number of benzene rings is 1. The monoisotopic (exact) mass is 370 g/mol. The molecule has 1 aliphatic rings. The number of ether oxygens (including phenoxy) is 2. The van der Waals surface area contributed by atoms with Gasteiger partial charge in [-0.15, -0.1) is 11.3 Å². The van der Waals surface area contributed by atoms with Gasteiger partial charge in [0, 0.05) is 21.6 Å². The van der Waals surface area contributed by atoms with Gasteiger partial charge in [0.05, 0.1) is 6.54 Å².